The lowest BCUT2D eigenvalue weighted by atomic mass is 10.1. The molecule has 2 aliphatic heterocycles. The van der Waals surface area contributed by atoms with Crippen molar-refractivity contribution in [1.82, 2.24) is 9.55 Å². The maximum absolute atomic E-state index is 12.6. The molecule has 2 aliphatic rings. The smallest absolute Gasteiger partial charge is 0.351 e. The summed E-state index contributed by atoms with van der Waals surface area (Å²) in [7, 11) is 0. The quantitative estimate of drug-likeness (QED) is 0.364. The van der Waals surface area contributed by atoms with Gasteiger partial charge in [-0.25, -0.2) is 15.1 Å². The van der Waals surface area contributed by atoms with Crippen LogP contribution in [0.4, 0.5) is 5.82 Å². The average molecular weight is 442 g/mol. The first kappa shape index (κ1) is 23.6. The van der Waals surface area contributed by atoms with E-state index in [1.165, 1.54) is 23.8 Å². The summed E-state index contributed by atoms with van der Waals surface area (Å²) in [5.41, 5.74) is 7.06. The van der Waals surface area contributed by atoms with Crippen LogP contribution in [0.15, 0.2) is 17.1 Å². The summed E-state index contributed by atoms with van der Waals surface area (Å²) in [6, 6.07) is 0.620. The van der Waals surface area contributed by atoms with Crippen molar-refractivity contribution < 1.29 is 33.7 Å². The van der Waals surface area contributed by atoms with Crippen LogP contribution in [0.25, 0.3) is 0 Å². The fraction of sp³-hybridized carbons (Fsp3) is 0.737. The van der Waals surface area contributed by atoms with E-state index in [0.29, 0.717) is 0 Å². The Hall–Kier alpha value is -2.09. The second kappa shape index (κ2) is 9.18. The largest absolute Gasteiger partial charge is 0.368 e. The summed E-state index contributed by atoms with van der Waals surface area (Å²) < 4.78 is 24.7. The maximum Gasteiger partial charge on any atom is 0.351 e. The topological polar surface area (TPSA) is 156 Å². The number of aromatic nitrogens is 2. The van der Waals surface area contributed by atoms with Crippen LogP contribution in [0, 0.1) is 5.92 Å². The molecule has 4 N–H and O–H groups in total. The molecule has 12 heteroatoms. The van der Waals surface area contributed by atoms with Gasteiger partial charge in [0.15, 0.2) is 24.1 Å². The van der Waals surface area contributed by atoms with Gasteiger partial charge in [0.2, 0.25) is 0 Å². The predicted octanol–water partition coefficient (Wildman–Crippen LogP) is -0.131. The van der Waals surface area contributed by atoms with Gasteiger partial charge >= 0.3 is 11.7 Å². The normalized spacial score (nSPS) is 28.9. The average Bonchev–Trinajstić information content (AvgIpc) is 3.17. The van der Waals surface area contributed by atoms with E-state index < -0.39 is 54.3 Å². The van der Waals surface area contributed by atoms with E-state index in [4.69, 9.17) is 29.5 Å². The van der Waals surface area contributed by atoms with Crippen LogP contribution in [0.3, 0.4) is 0 Å². The first-order valence-corrected chi connectivity index (χ1v) is 10.1. The van der Waals surface area contributed by atoms with Crippen molar-refractivity contribution in [2.24, 2.45) is 11.7 Å². The van der Waals surface area contributed by atoms with E-state index in [2.05, 4.69) is 10.5 Å². The third kappa shape index (κ3) is 5.40. The third-order valence-electron chi connectivity index (χ3n) is 4.86. The highest BCUT2D eigenvalue weighted by Crippen LogP contribution is 2.42. The number of carbonyl (C=O) groups is 1. The Kier molecular flexibility index (Phi) is 6.98. The van der Waals surface area contributed by atoms with Crippen molar-refractivity contribution >= 4 is 11.8 Å². The van der Waals surface area contributed by atoms with Gasteiger partial charge in [-0.2, -0.15) is 4.98 Å². The molecule has 174 valence electrons. The number of aliphatic hydroxyl groups excluding tert-OH is 1. The molecule has 6 atom stereocenters. The molecule has 0 aliphatic carbocycles. The van der Waals surface area contributed by atoms with E-state index in [1.54, 1.807) is 13.8 Å². The Morgan fingerprint density at radius 3 is 2.65 bits per heavy atom. The maximum atomic E-state index is 12.6. The molecule has 2 saturated heterocycles. The number of hydrogen-bond donors (Lipinski definition) is 3. The minimum Gasteiger partial charge on any atom is -0.368 e. The molecule has 2 fully saturated rings. The fourth-order valence-corrected chi connectivity index (χ4v) is 3.26. The van der Waals surface area contributed by atoms with Crippen LogP contribution in [0.2, 0.25) is 0 Å². The number of rotatable bonds is 8. The molecule has 0 amide bonds. The molecule has 12 nitrogen and oxygen atoms in total. The highest BCUT2D eigenvalue weighted by molar-refractivity contribution is 5.75. The van der Waals surface area contributed by atoms with Crippen LogP contribution < -0.4 is 16.9 Å². The second-order valence-electron chi connectivity index (χ2n) is 8.41. The number of nitrogens with zero attached hydrogens (tertiary/aromatic N) is 2. The zero-order valence-corrected chi connectivity index (χ0v) is 18.2. The zero-order chi connectivity index (χ0) is 22.9. The predicted molar refractivity (Wildman–Crippen MR) is 106 cm³/mol. The van der Waals surface area contributed by atoms with Crippen LogP contribution in [-0.4, -0.2) is 63.7 Å². The summed E-state index contributed by atoms with van der Waals surface area (Å²) in [6.07, 6.45) is -1.99. The highest BCUT2D eigenvalue weighted by atomic mass is 16.8. The molecule has 1 unspecified atom stereocenters. The van der Waals surface area contributed by atoms with Gasteiger partial charge in [-0.15, -0.1) is 0 Å². The molecule has 0 spiro atoms. The van der Waals surface area contributed by atoms with E-state index in [0.717, 1.165) is 0 Å². The number of carbonyl (C=O) groups excluding carboxylic acids is 1. The van der Waals surface area contributed by atoms with Crippen molar-refractivity contribution in [3.63, 3.8) is 0 Å². The third-order valence-corrected chi connectivity index (χ3v) is 4.86. The van der Waals surface area contributed by atoms with Crippen LogP contribution in [0.1, 0.15) is 40.8 Å². The van der Waals surface area contributed by atoms with Crippen LogP contribution in [-0.2, 0) is 28.6 Å². The van der Waals surface area contributed by atoms with Gasteiger partial charge in [0.1, 0.15) is 24.4 Å². The number of ether oxygens (including phenoxy) is 4. The lowest BCUT2D eigenvalue weighted by molar-refractivity contribution is -0.214. The molecule has 3 heterocycles. The Morgan fingerprint density at radius 2 is 2.03 bits per heavy atom. The van der Waals surface area contributed by atoms with Crippen LogP contribution in [0.5, 0.6) is 0 Å². The number of fused-ring (bicyclic) bond motifs is 1. The number of anilines is 1. The van der Waals surface area contributed by atoms with Gasteiger partial charge < -0.3 is 34.6 Å². The van der Waals surface area contributed by atoms with Gasteiger partial charge in [-0.3, -0.25) is 4.57 Å². The van der Waals surface area contributed by atoms with E-state index in [1.807, 2.05) is 13.8 Å². The van der Waals surface area contributed by atoms with Gasteiger partial charge in [0, 0.05) is 18.2 Å². The first-order valence-electron chi connectivity index (χ1n) is 10.1. The van der Waals surface area contributed by atoms with Gasteiger partial charge in [-0.05, 0) is 20.8 Å². The molecule has 1 aromatic heterocycles. The SMILES string of the molecule is CC(C)C(O)OC[C@H]1O[C@@H](n2ccc(NOC(=O)[C@@H](C)N)nc2=O)[C@@H]2OC(C)(C)O[C@@H]21. The lowest BCUT2D eigenvalue weighted by Gasteiger charge is -2.25. The summed E-state index contributed by atoms with van der Waals surface area (Å²) >= 11 is 0. The summed E-state index contributed by atoms with van der Waals surface area (Å²) in [5, 5.41) is 9.95. The summed E-state index contributed by atoms with van der Waals surface area (Å²) in [6.45, 7) is 8.72. The molecule has 3 rings (SSSR count). The minimum atomic E-state index is -0.954. The van der Waals surface area contributed by atoms with Gasteiger partial charge in [0.25, 0.3) is 0 Å². The fourth-order valence-electron chi connectivity index (χ4n) is 3.26. The number of aliphatic hydroxyl groups is 1. The molecule has 0 aromatic carbocycles. The summed E-state index contributed by atoms with van der Waals surface area (Å²) in [4.78, 5) is 32.7. The molecule has 0 radical (unpaired) electrons. The van der Waals surface area contributed by atoms with Gasteiger partial charge in [0.05, 0.1) is 6.61 Å². The molecule has 1 aromatic rings. The monoisotopic (exact) mass is 442 g/mol. The Bertz CT molecular complexity index is 842. The molecular weight excluding hydrogens is 412 g/mol. The molecule has 0 saturated carbocycles. The van der Waals surface area contributed by atoms with E-state index >= 15 is 0 Å². The van der Waals surface area contributed by atoms with Crippen molar-refractivity contribution in [1.29, 1.82) is 0 Å². The lowest BCUT2D eigenvalue weighted by Crippen LogP contribution is -2.35. The zero-order valence-electron chi connectivity index (χ0n) is 18.2. The van der Waals surface area contributed by atoms with E-state index in [9.17, 15) is 14.7 Å². The number of hydrogen-bond acceptors (Lipinski definition) is 11. The van der Waals surface area contributed by atoms with Crippen molar-refractivity contribution in [3.05, 3.63) is 22.7 Å². The molecule has 31 heavy (non-hydrogen) atoms. The van der Waals surface area contributed by atoms with Crippen molar-refractivity contribution in [3.8, 4) is 0 Å². The van der Waals surface area contributed by atoms with E-state index in [-0.39, 0.29) is 18.3 Å². The van der Waals surface area contributed by atoms with Crippen molar-refractivity contribution in [2.75, 3.05) is 12.1 Å². The highest BCUT2D eigenvalue weighted by Gasteiger charge is 2.56. The van der Waals surface area contributed by atoms with Crippen LogP contribution >= 0.6 is 0 Å². The Balaban J connectivity index is 1.75. The molecular formula is C19H30N4O8. The number of nitrogens with two attached hydrogens (primary N) is 1. The second-order valence-corrected chi connectivity index (χ2v) is 8.41. The molecule has 0 bridgehead atoms. The number of nitrogens with one attached hydrogen (secondary N) is 1. The minimum absolute atomic E-state index is 0.0358. The Labute approximate surface area is 179 Å². The summed E-state index contributed by atoms with van der Waals surface area (Å²) in [5.74, 6) is -1.63. The van der Waals surface area contributed by atoms with Crippen molar-refractivity contribution in [2.45, 2.75) is 77.3 Å². The Morgan fingerprint density at radius 1 is 1.35 bits per heavy atom. The standard InChI is InChI=1S/C19H30N4O8/c1-9(2)16(24)27-8-11-13-14(30-19(4,5)29-13)15(28-11)23-7-6-12(21-18(23)26)22-31-17(25)10(3)20/h6-7,9-11,13-16,24H,8,20H2,1-5H3,(H,21,22,26)/t10-,11-,13-,14-,15-,16?/m1/s1. The first-order chi connectivity index (χ1) is 14.5. The van der Waals surface area contributed by atoms with Gasteiger partial charge in [-0.1, -0.05) is 13.8 Å².